The Hall–Kier alpha value is -1.83. The van der Waals surface area contributed by atoms with Crippen LogP contribution in [0.15, 0.2) is 18.2 Å². The molecule has 3 saturated heterocycles. The van der Waals surface area contributed by atoms with Crippen LogP contribution >= 0.6 is 0 Å². The van der Waals surface area contributed by atoms with E-state index in [4.69, 9.17) is 10.00 Å². The minimum Gasteiger partial charge on any atom is -0.390 e. The number of anilines is 1. The average molecular weight is 388 g/mol. The number of sulfonamides is 1. The molecule has 6 nitrogen and oxygen atoms in total. The summed E-state index contributed by atoms with van der Waals surface area (Å²) in [6, 6.07) is 4.35. The van der Waals surface area contributed by atoms with E-state index in [1.54, 1.807) is 6.92 Å². The molecule has 0 aliphatic carbocycles. The van der Waals surface area contributed by atoms with Crippen molar-refractivity contribution in [3.05, 3.63) is 29.3 Å². The quantitative estimate of drug-likeness (QED) is 0.790. The number of rotatable bonds is 1. The molecule has 1 aromatic rings. The Morgan fingerprint density at radius 2 is 2.12 bits per heavy atom. The van der Waals surface area contributed by atoms with Crippen molar-refractivity contribution < 1.29 is 31.4 Å². The highest BCUT2D eigenvalue weighted by atomic mass is 32.2. The summed E-state index contributed by atoms with van der Waals surface area (Å²) in [4.78, 5) is 0. The Kier molecular flexibility index (Phi) is 3.46. The molecule has 0 aromatic heterocycles. The van der Waals surface area contributed by atoms with Gasteiger partial charge in [0.15, 0.2) is 0 Å². The molecule has 1 N–H and O–H groups in total. The zero-order chi connectivity index (χ0) is 19.1. The van der Waals surface area contributed by atoms with E-state index in [1.807, 2.05) is 0 Å². The molecule has 10 heteroatoms. The van der Waals surface area contributed by atoms with Gasteiger partial charge in [0.05, 0.1) is 40.7 Å². The summed E-state index contributed by atoms with van der Waals surface area (Å²) in [6.07, 6.45) is -6.04. The zero-order valence-corrected chi connectivity index (χ0v) is 14.4. The fraction of sp³-hybridized carbons (Fsp3) is 0.562. The lowest BCUT2D eigenvalue weighted by Gasteiger charge is -2.29. The number of ether oxygens (including phenoxy) is 1. The molecular weight excluding hydrogens is 373 g/mol. The van der Waals surface area contributed by atoms with Crippen molar-refractivity contribution in [2.24, 2.45) is 5.92 Å². The van der Waals surface area contributed by atoms with Gasteiger partial charge >= 0.3 is 6.18 Å². The van der Waals surface area contributed by atoms with Gasteiger partial charge in [-0.05, 0) is 25.1 Å². The fourth-order valence-corrected chi connectivity index (χ4v) is 7.12. The number of halogens is 3. The van der Waals surface area contributed by atoms with Crippen LogP contribution < -0.4 is 4.31 Å². The number of fused-ring (bicyclic) bond motifs is 5. The smallest absolute Gasteiger partial charge is 0.390 e. The van der Waals surface area contributed by atoms with E-state index in [0.717, 1.165) is 10.4 Å². The van der Waals surface area contributed by atoms with Gasteiger partial charge in [-0.2, -0.15) is 18.4 Å². The van der Waals surface area contributed by atoms with Crippen LogP contribution in [0.1, 0.15) is 24.5 Å². The molecule has 3 aliphatic rings. The first-order valence-electron chi connectivity index (χ1n) is 7.98. The summed E-state index contributed by atoms with van der Waals surface area (Å²) >= 11 is 0. The highest BCUT2D eigenvalue weighted by molar-refractivity contribution is 7.93. The minimum atomic E-state index is -4.77. The van der Waals surface area contributed by atoms with E-state index in [-0.39, 0.29) is 18.7 Å². The highest BCUT2D eigenvalue weighted by Crippen LogP contribution is 2.54. The van der Waals surface area contributed by atoms with E-state index in [0.29, 0.717) is 6.07 Å². The molecule has 140 valence electrons. The van der Waals surface area contributed by atoms with Gasteiger partial charge in [0.1, 0.15) is 5.25 Å². The molecular formula is C16H15F3N2O4S. The highest BCUT2D eigenvalue weighted by Gasteiger charge is 2.69. The molecule has 5 atom stereocenters. The monoisotopic (exact) mass is 388 g/mol. The van der Waals surface area contributed by atoms with Crippen molar-refractivity contribution >= 4 is 15.7 Å². The van der Waals surface area contributed by atoms with Gasteiger partial charge in [0.2, 0.25) is 10.0 Å². The number of hydrogen-bond acceptors (Lipinski definition) is 5. The molecule has 0 amide bonds. The Balaban J connectivity index is 1.78. The molecule has 0 spiro atoms. The normalized spacial score (nSPS) is 37.6. The molecule has 3 aliphatic heterocycles. The second-order valence-electron chi connectivity index (χ2n) is 7.17. The lowest BCUT2D eigenvalue weighted by atomic mass is 9.80. The maximum Gasteiger partial charge on any atom is 0.417 e. The van der Waals surface area contributed by atoms with Crippen LogP contribution in [0.4, 0.5) is 18.9 Å². The molecule has 3 heterocycles. The molecule has 0 radical (unpaired) electrons. The Morgan fingerprint density at radius 3 is 2.73 bits per heavy atom. The van der Waals surface area contributed by atoms with Gasteiger partial charge in [0.25, 0.3) is 0 Å². The van der Waals surface area contributed by atoms with Crippen molar-refractivity contribution in [1.82, 2.24) is 0 Å². The number of nitrogens with zero attached hydrogens (tertiary/aromatic N) is 2. The summed E-state index contributed by atoms with van der Waals surface area (Å²) in [5.41, 5.74) is -2.93. The first-order valence-corrected chi connectivity index (χ1v) is 9.48. The Labute approximate surface area is 147 Å². The SMILES string of the molecule is C[C@@]12C[C@@H](O)[C@@H](O1)C1CN(c3ccc(C#N)c(C(F)(F)F)c3)S(=O)(=O)C12. The van der Waals surface area contributed by atoms with Crippen molar-refractivity contribution in [2.75, 3.05) is 10.8 Å². The summed E-state index contributed by atoms with van der Waals surface area (Å²) in [5, 5.41) is 18.0. The number of nitriles is 1. The summed E-state index contributed by atoms with van der Waals surface area (Å²) in [6.45, 7) is 1.55. The predicted octanol–water partition coefficient (Wildman–Crippen LogP) is 1.63. The first-order chi connectivity index (χ1) is 12.0. The third kappa shape index (κ3) is 2.20. The third-order valence-electron chi connectivity index (χ3n) is 5.53. The van der Waals surface area contributed by atoms with Gasteiger partial charge in [-0.25, -0.2) is 8.42 Å². The van der Waals surface area contributed by atoms with Crippen LogP contribution in [0.25, 0.3) is 0 Å². The van der Waals surface area contributed by atoms with E-state index >= 15 is 0 Å². The van der Waals surface area contributed by atoms with E-state index in [2.05, 4.69) is 0 Å². The first kappa shape index (κ1) is 17.6. The number of hydrogen-bond donors (Lipinski definition) is 1. The van der Waals surface area contributed by atoms with Crippen molar-refractivity contribution in [3.8, 4) is 6.07 Å². The minimum absolute atomic E-state index is 0.0620. The van der Waals surface area contributed by atoms with E-state index < -0.39 is 56.3 Å². The van der Waals surface area contributed by atoms with Crippen molar-refractivity contribution in [3.63, 3.8) is 0 Å². The lowest BCUT2D eigenvalue weighted by Crippen LogP contribution is -2.47. The fourth-order valence-electron chi connectivity index (χ4n) is 4.59. The summed E-state index contributed by atoms with van der Waals surface area (Å²) < 4.78 is 72.3. The number of alkyl halides is 3. The largest absolute Gasteiger partial charge is 0.417 e. The second kappa shape index (κ2) is 5.12. The average Bonchev–Trinajstić information content (AvgIpc) is 3.10. The Morgan fingerprint density at radius 1 is 1.42 bits per heavy atom. The lowest BCUT2D eigenvalue weighted by molar-refractivity contribution is -0.137. The zero-order valence-electron chi connectivity index (χ0n) is 13.6. The standard InChI is InChI=1S/C16H15F3N2O4S/c1-15-5-12(22)13(25-15)10-7-21(26(23,24)14(10)15)9-3-2-8(6-20)11(4-9)16(17,18)19/h2-4,10,12-14,22H,5,7H2,1H3/t10?,12-,13+,14?,15+/m1/s1. The van der Waals surface area contributed by atoms with Gasteiger partial charge in [-0.1, -0.05) is 0 Å². The van der Waals surface area contributed by atoms with Gasteiger partial charge in [-0.15, -0.1) is 0 Å². The molecule has 3 fully saturated rings. The van der Waals surface area contributed by atoms with Crippen LogP contribution in [0.2, 0.25) is 0 Å². The maximum absolute atomic E-state index is 13.2. The topological polar surface area (TPSA) is 90.6 Å². The van der Waals surface area contributed by atoms with E-state index in [1.165, 1.54) is 12.1 Å². The molecule has 2 bridgehead atoms. The van der Waals surface area contributed by atoms with Crippen LogP contribution in [0, 0.1) is 17.2 Å². The van der Waals surface area contributed by atoms with Crippen molar-refractivity contribution in [2.45, 2.75) is 42.6 Å². The summed E-state index contributed by atoms with van der Waals surface area (Å²) in [7, 11) is -3.97. The maximum atomic E-state index is 13.2. The van der Waals surface area contributed by atoms with Crippen LogP contribution in [0.3, 0.4) is 0 Å². The van der Waals surface area contributed by atoms with Crippen LogP contribution in [0.5, 0.6) is 0 Å². The molecule has 4 rings (SSSR count). The third-order valence-corrected chi connectivity index (χ3v) is 8.00. The molecule has 0 saturated carbocycles. The second-order valence-corrected chi connectivity index (χ2v) is 9.15. The predicted molar refractivity (Wildman–Crippen MR) is 83.6 cm³/mol. The van der Waals surface area contributed by atoms with Gasteiger partial charge in [0, 0.05) is 18.9 Å². The molecule has 2 unspecified atom stereocenters. The summed E-state index contributed by atoms with van der Waals surface area (Å²) in [5.74, 6) is -0.515. The van der Waals surface area contributed by atoms with E-state index in [9.17, 15) is 26.7 Å². The van der Waals surface area contributed by atoms with Crippen molar-refractivity contribution in [1.29, 1.82) is 5.26 Å². The van der Waals surface area contributed by atoms with Gasteiger partial charge in [-0.3, -0.25) is 4.31 Å². The van der Waals surface area contributed by atoms with Crippen LogP contribution in [-0.4, -0.2) is 43.1 Å². The molecule has 26 heavy (non-hydrogen) atoms. The number of aliphatic hydroxyl groups is 1. The molecule has 1 aromatic carbocycles. The van der Waals surface area contributed by atoms with Gasteiger partial charge < -0.3 is 9.84 Å². The Bertz CT molecular complexity index is 926. The number of benzene rings is 1. The number of aliphatic hydroxyl groups excluding tert-OH is 1. The van der Waals surface area contributed by atoms with Crippen LogP contribution in [-0.2, 0) is 20.9 Å².